The molecule has 0 unspecified atom stereocenters. The number of benzene rings is 2. The lowest BCUT2D eigenvalue weighted by molar-refractivity contribution is 0.573. The van der Waals surface area contributed by atoms with Gasteiger partial charge in [-0.2, -0.15) is 4.80 Å². The number of H-pyrrole nitrogens is 1. The Morgan fingerprint density at radius 2 is 1.85 bits per heavy atom. The van der Waals surface area contributed by atoms with Crippen LogP contribution in [0.4, 0.5) is 0 Å². The number of aromatic nitrogens is 6. The number of nitrogens with zero attached hydrogens (tertiary/aromatic N) is 5. The SMILES string of the molecule is Cc1ccc(-n2[nH]cc(-c3nnn(Cc4ccccc4)n3)c2=S)cc1C. The molecule has 26 heavy (non-hydrogen) atoms. The van der Waals surface area contributed by atoms with Crippen molar-refractivity contribution in [1.29, 1.82) is 0 Å². The summed E-state index contributed by atoms with van der Waals surface area (Å²) in [5.41, 5.74) is 5.33. The molecule has 0 fully saturated rings. The van der Waals surface area contributed by atoms with Crippen LogP contribution in [-0.2, 0) is 6.54 Å². The molecule has 0 spiro atoms. The molecule has 0 saturated carbocycles. The van der Waals surface area contributed by atoms with Crippen molar-refractivity contribution in [3.05, 3.63) is 76.1 Å². The van der Waals surface area contributed by atoms with E-state index in [2.05, 4.69) is 46.5 Å². The Morgan fingerprint density at radius 3 is 2.62 bits per heavy atom. The molecule has 2 aromatic heterocycles. The molecule has 0 saturated heterocycles. The Hall–Kier alpha value is -3.06. The zero-order valence-corrected chi connectivity index (χ0v) is 15.4. The highest BCUT2D eigenvalue weighted by molar-refractivity contribution is 7.71. The fourth-order valence-corrected chi connectivity index (χ4v) is 3.06. The second-order valence-electron chi connectivity index (χ2n) is 6.23. The van der Waals surface area contributed by atoms with E-state index in [4.69, 9.17) is 12.2 Å². The van der Waals surface area contributed by atoms with Gasteiger partial charge in [-0.15, -0.1) is 10.2 Å². The van der Waals surface area contributed by atoms with Gasteiger partial charge in [0.05, 0.1) is 17.8 Å². The zero-order chi connectivity index (χ0) is 18.1. The molecule has 1 N–H and O–H groups in total. The monoisotopic (exact) mass is 362 g/mol. The van der Waals surface area contributed by atoms with Crippen LogP contribution in [0.1, 0.15) is 16.7 Å². The minimum atomic E-state index is 0.518. The van der Waals surface area contributed by atoms with Crippen LogP contribution in [-0.4, -0.2) is 30.0 Å². The average molecular weight is 362 g/mol. The van der Waals surface area contributed by atoms with Gasteiger partial charge in [0.25, 0.3) is 0 Å². The molecule has 0 radical (unpaired) electrons. The molecule has 130 valence electrons. The van der Waals surface area contributed by atoms with Crippen LogP contribution < -0.4 is 0 Å². The summed E-state index contributed by atoms with van der Waals surface area (Å²) in [6, 6.07) is 16.3. The number of nitrogens with one attached hydrogen (secondary N) is 1. The summed E-state index contributed by atoms with van der Waals surface area (Å²) in [6.45, 7) is 4.75. The molecule has 0 aliphatic rings. The molecule has 0 bridgehead atoms. The first-order valence-corrected chi connectivity index (χ1v) is 8.73. The maximum absolute atomic E-state index is 5.62. The first-order chi connectivity index (χ1) is 12.6. The largest absolute Gasteiger partial charge is 0.299 e. The Balaban J connectivity index is 1.64. The normalized spacial score (nSPS) is 11.0. The van der Waals surface area contributed by atoms with Crippen molar-refractivity contribution in [3.63, 3.8) is 0 Å². The van der Waals surface area contributed by atoms with E-state index in [-0.39, 0.29) is 0 Å². The predicted molar refractivity (Wildman–Crippen MR) is 103 cm³/mol. The van der Waals surface area contributed by atoms with Crippen molar-refractivity contribution < 1.29 is 0 Å². The van der Waals surface area contributed by atoms with E-state index in [9.17, 15) is 0 Å². The lowest BCUT2D eigenvalue weighted by Gasteiger charge is -2.06. The van der Waals surface area contributed by atoms with Gasteiger partial charge in [0.2, 0.25) is 5.82 Å². The maximum Gasteiger partial charge on any atom is 0.209 e. The summed E-state index contributed by atoms with van der Waals surface area (Å²) >= 11 is 5.62. The van der Waals surface area contributed by atoms with Crippen LogP contribution in [0, 0.1) is 18.5 Å². The van der Waals surface area contributed by atoms with Gasteiger partial charge in [-0.1, -0.05) is 48.6 Å². The molecule has 0 atom stereocenters. The summed E-state index contributed by atoms with van der Waals surface area (Å²) in [4.78, 5) is 1.58. The molecule has 6 nitrogen and oxygen atoms in total. The van der Waals surface area contributed by atoms with E-state index in [0.717, 1.165) is 16.8 Å². The third kappa shape index (κ3) is 3.09. The Kier molecular flexibility index (Phi) is 4.22. The van der Waals surface area contributed by atoms with Gasteiger partial charge in [0.15, 0.2) is 0 Å². The fourth-order valence-electron chi connectivity index (χ4n) is 2.75. The number of rotatable bonds is 4. The lowest BCUT2D eigenvalue weighted by Crippen LogP contribution is -2.03. The van der Waals surface area contributed by atoms with E-state index in [1.165, 1.54) is 11.1 Å². The second-order valence-corrected chi connectivity index (χ2v) is 6.61. The zero-order valence-electron chi connectivity index (χ0n) is 14.5. The second kappa shape index (κ2) is 6.68. The van der Waals surface area contributed by atoms with Crippen molar-refractivity contribution >= 4 is 12.2 Å². The molecule has 0 aliphatic carbocycles. The van der Waals surface area contributed by atoms with Crippen molar-refractivity contribution in [2.75, 3.05) is 0 Å². The Bertz CT molecular complexity index is 1110. The predicted octanol–water partition coefficient (Wildman–Crippen LogP) is 3.85. The van der Waals surface area contributed by atoms with Gasteiger partial charge in [-0.25, -0.2) is 4.68 Å². The number of aryl methyl sites for hydroxylation is 2. The minimum Gasteiger partial charge on any atom is -0.299 e. The standard InChI is InChI=1S/C19H18N6S/c1-13-8-9-16(10-14(13)2)25-19(26)17(11-20-25)18-21-23-24(22-18)12-15-6-4-3-5-7-15/h3-11,20H,12H2,1-2H3. The highest BCUT2D eigenvalue weighted by Gasteiger charge is 2.13. The number of aromatic amines is 1. The van der Waals surface area contributed by atoms with Gasteiger partial charge in [-0.3, -0.25) is 5.10 Å². The molecular formula is C19H18N6S. The quantitative estimate of drug-likeness (QED) is 0.560. The Morgan fingerprint density at radius 1 is 1.04 bits per heavy atom. The topological polar surface area (TPSA) is 64.3 Å². The number of hydrogen-bond donors (Lipinski definition) is 1. The first kappa shape index (κ1) is 16.4. The van der Waals surface area contributed by atoms with Gasteiger partial charge in [0.1, 0.15) is 4.64 Å². The van der Waals surface area contributed by atoms with Crippen LogP contribution in [0.15, 0.2) is 54.7 Å². The lowest BCUT2D eigenvalue weighted by atomic mass is 10.1. The van der Waals surface area contributed by atoms with E-state index in [0.29, 0.717) is 17.0 Å². The smallest absolute Gasteiger partial charge is 0.209 e. The summed E-state index contributed by atoms with van der Waals surface area (Å²) in [5.74, 6) is 0.518. The van der Waals surface area contributed by atoms with Gasteiger partial charge >= 0.3 is 0 Å². The Labute approximate surface area is 156 Å². The molecule has 0 amide bonds. The fraction of sp³-hybridized carbons (Fsp3) is 0.158. The molecular weight excluding hydrogens is 344 g/mol. The van der Waals surface area contributed by atoms with Crippen LogP contribution in [0.3, 0.4) is 0 Å². The van der Waals surface area contributed by atoms with Crippen LogP contribution in [0.25, 0.3) is 17.1 Å². The van der Waals surface area contributed by atoms with Crippen molar-refractivity contribution in [3.8, 4) is 17.1 Å². The number of tetrazole rings is 1. The number of hydrogen-bond acceptors (Lipinski definition) is 4. The molecule has 4 aromatic rings. The third-order valence-corrected chi connectivity index (χ3v) is 4.78. The average Bonchev–Trinajstić information content (AvgIpc) is 3.25. The summed E-state index contributed by atoms with van der Waals surface area (Å²) in [7, 11) is 0. The van der Waals surface area contributed by atoms with E-state index < -0.39 is 0 Å². The van der Waals surface area contributed by atoms with Gasteiger partial charge < -0.3 is 0 Å². The van der Waals surface area contributed by atoms with Crippen LogP contribution >= 0.6 is 12.2 Å². The summed E-state index contributed by atoms with van der Waals surface area (Å²) in [5, 5.41) is 16.0. The maximum atomic E-state index is 5.62. The molecule has 0 aliphatic heterocycles. The van der Waals surface area contributed by atoms with Crippen molar-refractivity contribution in [2.45, 2.75) is 20.4 Å². The van der Waals surface area contributed by atoms with Crippen molar-refractivity contribution in [2.24, 2.45) is 0 Å². The molecule has 7 heteroatoms. The van der Waals surface area contributed by atoms with E-state index in [1.54, 1.807) is 4.80 Å². The molecule has 2 heterocycles. The van der Waals surface area contributed by atoms with Crippen LogP contribution in [0.5, 0.6) is 0 Å². The van der Waals surface area contributed by atoms with Crippen molar-refractivity contribution in [1.82, 2.24) is 30.0 Å². The minimum absolute atomic E-state index is 0.518. The summed E-state index contributed by atoms with van der Waals surface area (Å²) in [6.07, 6.45) is 1.82. The third-order valence-electron chi connectivity index (χ3n) is 4.38. The highest BCUT2D eigenvalue weighted by Crippen LogP contribution is 2.20. The molecule has 4 rings (SSSR count). The van der Waals surface area contributed by atoms with Gasteiger partial charge in [0, 0.05) is 6.20 Å². The summed E-state index contributed by atoms with van der Waals surface area (Å²) < 4.78 is 2.49. The van der Waals surface area contributed by atoms with Gasteiger partial charge in [-0.05, 0) is 47.9 Å². The van der Waals surface area contributed by atoms with E-state index in [1.807, 2.05) is 47.3 Å². The highest BCUT2D eigenvalue weighted by atomic mass is 32.1. The first-order valence-electron chi connectivity index (χ1n) is 8.32. The van der Waals surface area contributed by atoms with E-state index >= 15 is 0 Å². The van der Waals surface area contributed by atoms with Crippen LogP contribution in [0.2, 0.25) is 0 Å². The molecule has 2 aromatic carbocycles.